The average Bonchev–Trinajstić information content (AvgIpc) is 1.50. The van der Waals surface area contributed by atoms with Crippen LogP contribution in [0.1, 0.15) is 0 Å². The van der Waals surface area contributed by atoms with E-state index in [4.69, 9.17) is 0 Å². The van der Waals surface area contributed by atoms with E-state index in [1.807, 2.05) is 0 Å². The van der Waals surface area contributed by atoms with Gasteiger partial charge in [-0.05, 0) is 0 Å². The fourth-order valence-electron chi connectivity index (χ4n) is 0. The van der Waals surface area contributed by atoms with Crippen LogP contribution in [0.4, 0.5) is 0 Å². The molecule has 1 radical (unpaired) electrons. The molecular formula is H2Mn3P2. The summed E-state index contributed by atoms with van der Waals surface area (Å²) in [5.41, 5.74) is 0. The van der Waals surface area contributed by atoms with Gasteiger partial charge in [-0.1, -0.05) is 0 Å². The fourth-order valence-corrected chi connectivity index (χ4v) is 0. The molecule has 0 amide bonds. The summed E-state index contributed by atoms with van der Waals surface area (Å²) < 4.78 is 0. The van der Waals surface area contributed by atoms with Crippen molar-refractivity contribution in [3.8, 4) is 0 Å². The molecule has 5 heteroatoms. The van der Waals surface area contributed by atoms with E-state index in [1.54, 1.807) is 0 Å². The van der Waals surface area contributed by atoms with Gasteiger partial charge in [0.05, 0.1) is 0 Å². The molecule has 0 saturated heterocycles. The molecule has 0 nitrogen and oxygen atoms in total. The summed E-state index contributed by atoms with van der Waals surface area (Å²) >= 11 is 5.49. The van der Waals surface area contributed by atoms with Crippen LogP contribution in [0.3, 0.4) is 0 Å². The summed E-state index contributed by atoms with van der Waals surface area (Å²) in [6, 6.07) is 0. The molecule has 0 rings (SSSR count). The minimum atomic E-state index is 0. The Morgan fingerprint density at radius 1 is 0.800 bits per heavy atom. The van der Waals surface area contributed by atoms with Crippen LogP contribution in [0.5, 0.6) is 0 Å². The molecule has 0 heterocycles. The first kappa shape index (κ1) is 15.7. The minimum absolute atomic E-state index is 0. The summed E-state index contributed by atoms with van der Waals surface area (Å²) in [6.07, 6.45) is 0. The molecule has 0 N–H and O–H groups in total. The van der Waals surface area contributed by atoms with Crippen LogP contribution in [0.2, 0.25) is 0 Å². The van der Waals surface area contributed by atoms with Gasteiger partial charge in [0, 0.05) is 17.1 Å². The van der Waals surface area contributed by atoms with Gasteiger partial charge in [-0.25, -0.2) is 0 Å². The normalized spacial score (nSPS) is 1.60. The Balaban J connectivity index is -0.0000000133. The standard InChI is InChI=1S/3Mn.2HP/h;;;2*1H. The third-order valence-corrected chi connectivity index (χ3v) is 0. The summed E-state index contributed by atoms with van der Waals surface area (Å²) in [4.78, 5) is 0. The Hall–Kier alpha value is 2.16. The van der Waals surface area contributed by atoms with Gasteiger partial charge in [0.25, 0.3) is 0 Å². The Morgan fingerprint density at radius 2 is 0.800 bits per heavy atom. The van der Waals surface area contributed by atoms with Crippen molar-refractivity contribution in [3.63, 3.8) is 0 Å². The van der Waals surface area contributed by atoms with Crippen LogP contribution in [0.15, 0.2) is 0 Å². The molecule has 0 unspecified atom stereocenters. The molecule has 0 atom stereocenters. The van der Waals surface area contributed by atoms with Crippen LogP contribution in [0.25, 0.3) is 0 Å². The molecule has 33 valence electrons. The van der Waals surface area contributed by atoms with Crippen molar-refractivity contribution >= 4 is 15.0 Å². The van der Waals surface area contributed by atoms with Crippen LogP contribution in [0, 0.1) is 0 Å². The molecule has 0 saturated carbocycles. The second-order valence-electron chi connectivity index (χ2n) is 0. The molecule has 0 aliphatic carbocycles. The van der Waals surface area contributed by atoms with E-state index < -0.39 is 0 Å². The maximum absolute atomic E-state index is 2.78. The van der Waals surface area contributed by atoms with E-state index >= 15 is 0 Å². The fraction of sp³-hybridized carbons (Fsp3) is 0. The molecule has 0 spiro atoms. The summed E-state index contributed by atoms with van der Waals surface area (Å²) in [6.45, 7) is 0. The topological polar surface area (TPSA) is 0 Å². The molecule has 0 fully saturated rings. The molecule has 0 aliphatic heterocycles. The van der Waals surface area contributed by atoms with Gasteiger partial charge in [-0.3, -0.25) is 0 Å². The van der Waals surface area contributed by atoms with Crippen molar-refractivity contribution in [3.05, 3.63) is 0 Å². The van der Waals surface area contributed by atoms with Gasteiger partial charge in [-0.15, -0.1) is 0 Å². The van der Waals surface area contributed by atoms with Crippen LogP contribution in [-0.4, -0.2) is 0 Å². The zero-order valence-electron chi connectivity index (χ0n) is 2.13. The first-order valence-electron chi connectivity index (χ1n) is 0.378. The second kappa shape index (κ2) is 35.2. The van der Waals surface area contributed by atoms with Crippen molar-refractivity contribution in [1.82, 2.24) is 0 Å². The van der Waals surface area contributed by atoms with Crippen molar-refractivity contribution in [2.75, 3.05) is 0 Å². The van der Waals surface area contributed by atoms with Gasteiger partial charge < -0.3 is 0 Å². The van der Waals surface area contributed by atoms with Gasteiger partial charge in [-0.2, -0.15) is 0 Å². The summed E-state index contributed by atoms with van der Waals surface area (Å²) in [7, 11) is 5.57. The number of rotatable bonds is 0. The van der Waals surface area contributed by atoms with E-state index in [0.717, 1.165) is 0 Å². The van der Waals surface area contributed by atoms with E-state index in [2.05, 4.69) is 45.2 Å². The van der Waals surface area contributed by atoms with E-state index in [-0.39, 0.29) is 17.1 Å². The number of hydrogen-bond donors (Lipinski definition) is 0. The third kappa shape index (κ3) is 22.9. The van der Waals surface area contributed by atoms with Gasteiger partial charge in [0.2, 0.25) is 0 Å². The van der Waals surface area contributed by atoms with Crippen LogP contribution < -0.4 is 0 Å². The Bertz CT molecular complexity index is 6.85. The predicted molar refractivity (Wildman–Crippen MR) is 16.6 cm³/mol. The van der Waals surface area contributed by atoms with E-state index in [1.165, 1.54) is 0 Å². The molecule has 0 aromatic heterocycles. The quantitative estimate of drug-likeness (QED) is 0.432. The molecule has 0 bridgehead atoms. The maximum atomic E-state index is 2.78. The van der Waals surface area contributed by atoms with Gasteiger partial charge >= 0.3 is 45.2 Å². The Morgan fingerprint density at radius 3 is 0.800 bits per heavy atom. The first-order valence-corrected chi connectivity index (χ1v) is 4.68. The second-order valence-corrected chi connectivity index (χ2v) is 0. The molecule has 5 heavy (non-hydrogen) atoms. The predicted octanol–water partition coefficient (Wildman–Crippen LogP) is 1.18. The summed E-state index contributed by atoms with van der Waals surface area (Å²) in [5, 5.41) is 0. The Kier molecular flexibility index (Phi) is 110. The monoisotopic (exact) mass is 229 g/mol. The molecular weight excluding hydrogens is 227 g/mol. The van der Waals surface area contributed by atoms with Crippen molar-refractivity contribution in [2.45, 2.75) is 0 Å². The molecule has 0 aromatic carbocycles. The van der Waals surface area contributed by atoms with Crippen LogP contribution in [-0.2, 0) is 47.3 Å². The number of hydrogen-bond acceptors (Lipinski definition) is 0. The van der Waals surface area contributed by atoms with Gasteiger partial charge in [0.15, 0.2) is 0 Å². The van der Waals surface area contributed by atoms with Crippen LogP contribution >= 0.6 is 15.0 Å². The van der Waals surface area contributed by atoms with Gasteiger partial charge in [0.1, 0.15) is 0 Å². The SMILES string of the molecule is [Mn].[PH]=[Mn].[PH]=[Mn]. The molecule has 0 aromatic rings. The molecule has 0 aliphatic rings. The third-order valence-electron chi connectivity index (χ3n) is 0. The van der Waals surface area contributed by atoms with Crippen molar-refractivity contribution in [2.24, 2.45) is 0 Å². The zero-order chi connectivity index (χ0) is 4.00. The first-order chi connectivity index (χ1) is 2.00. The zero-order valence-corrected chi connectivity index (χ0v) is 7.68. The Labute approximate surface area is 61.9 Å². The van der Waals surface area contributed by atoms with Crippen molar-refractivity contribution in [1.29, 1.82) is 0 Å². The van der Waals surface area contributed by atoms with E-state index in [9.17, 15) is 0 Å². The average molecular weight is 229 g/mol. The van der Waals surface area contributed by atoms with E-state index in [0.29, 0.717) is 0 Å². The summed E-state index contributed by atoms with van der Waals surface area (Å²) in [5.74, 6) is 0. The van der Waals surface area contributed by atoms with Crippen molar-refractivity contribution < 1.29 is 47.3 Å².